The van der Waals surface area contributed by atoms with Gasteiger partial charge in [-0.05, 0) is 32.4 Å². The van der Waals surface area contributed by atoms with Crippen LogP contribution in [-0.4, -0.2) is 23.8 Å². The highest BCUT2D eigenvalue weighted by Crippen LogP contribution is 2.46. The average molecular weight is 351 g/mol. The smallest absolute Gasteiger partial charge is 0.249 e. The van der Waals surface area contributed by atoms with E-state index < -0.39 is 17.4 Å². The predicted molar refractivity (Wildman–Crippen MR) is 80.8 cm³/mol. The predicted octanol–water partition coefficient (Wildman–Crippen LogP) is 1.88. The molecule has 0 saturated carbocycles. The zero-order valence-corrected chi connectivity index (χ0v) is 13.4. The van der Waals surface area contributed by atoms with Gasteiger partial charge in [0, 0.05) is 22.1 Å². The molecule has 0 bridgehead atoms. The van der Waals surface area contributed by atoms with Gasteiger partial charge in [-0.25, -0.2) is 0 Å². The van der Waals surface area contributed by atoms with Gasteiger partial charge >= 0.3 is 0 Å². The molecule has 110 valence electrons. The molecule has 0 spiro atoms. The van der Waals surface area contributed by atoms with Crippen molar-refractivity contribution in [3.8, 4) is 0 Å². The monoisotopic (exact) mass is 350 g/mol. The van der Waals surface area contributed by atoms with Crippen LogP contribution in [0.2, 0.25) is 0 Å². The summed E-state index contributed by atoms with van der Waals surface area (Å²) < 4.78 is 0.855. The Labute approximate surface area is 130 Å². The number of piperidine rings is 1. The molecular formula is C15H15BrN2O3. The highest BCUT2D eigenvalue weighted by atomic mass is 79.9. The molecule has 1 N–H and O–H groups in total. The lowest BCUT2D eigenvalue weighted by Crippen LogP contribution is -2.55. The number of rotatable bonds is 1. The lowest BCUT2D eigenvalue weighted by Gasteiger charge is -2.31. The first-order valence-corrected chi connectivity index (χ1v) is 7.59. The minimum Gasteiger partial charge on any atom is -0.299 e. The standard InChI is InChI=1S/C15H15BrN2O3/c1-15(2)12-8(16)4-3-5-9(12)18(14(15)21)10-6-7-11(19)17-13(10)20/h3-5,10H,6-7H2,1-2H3,(H,17,19,20). The Morgan fingerprint density at radius 3 is 2.67 bits per heavy atom. The quantitative estimate of drug-likeness (QED) is 0.786. The molecule has 2 heterocycles. The third-order valence-corrected chi connectivity index (χ3v) is 4.81. The Bertz CT molecular complexity index is 669. The summed E-state index contributed by atoms with van der Waals surface area (Å²) in [6, 6.07) is 4.96. The summed E-state index contributed by atoms with van der Waals surface area (Å²) in [7, 11) is 0. The first kappa shape index (κ1) is 14.3. The number of hydrogen-bond acceptors (Lipinski definition) is 3. The second-order valence-corrected chi connectivity index (χ2v) is 6.76. The van der Waals surface area contributed by atoms with E-state index in [-0.39, 0.29) is 18.2 Å². The van der Waals surface area contributed by atoms with Crippen LogP contribution < -0.4 is 10.2 Å². The number of nitrogens with one attached hydrogen (secondary N) is 1. The van der Waals surface area contributed by atoms with E-state index in [2.05, 4.69) is 21.2 Å². The Morgan fingerprint density at radius 1 is 1.29 bits per heavy atom. The van der Waals surface area contributed by atoms with Gasteiger partial charge < -0.3 is 0 Å². The van der Waals surface area contributed by atoms with Crippen molar-refractivity contribution in [2.24, 2.45) is 0 Å². The Hall–Kier alpha value is -1.69. The van der Waals surface area contributed by atoms with Crippen LogP contribution in [0, 0.1) is 0 Å². The number of halogens is 1. The summed E-state index contributed by atoms with van der Waals surface area (Å²) in [5, 5.41) is 2.32. The summed E-state index contributed by atoms with van der Waals surface area (Å²) in [5.41, 5.74) is 0.936. The van der Waals surface area contributed by atoms with Gasteiger partial charge in [0.2, 0.25) is 17.7 Å². The maximum atomic E-state index is 12.8. The van der Waals surface area contributed by atoms with Crippen LogP contribution in [0.15, 0.2) is 22.7 Å². The zero-order valence-electron chi connectivity index (χ0n) is 11.8. The molecule has 3 rings (SSSR count). The minimum absolute atomic E-state index is 0.112. The van der Waals surface area contributed by atoms with Gasteiger partial charge in [-0.1, -0.05) is 22.0 Å². The van der Waals surface area contributed by atoms with Crippen LogP contribution in [0.1, 0.15) is 32.3 Å². The number of imide groups is 1. The molecule has 3 amide bonds. The van der Waals surface area contributed by atoms with Gasteiger partial charge in [-0.2, -0.15) is 0 Å². The van der Waals surface area contributed by atoms with Gasteiger partial charge in [0.1, 0.15) is 6.04 Å². The first-order valence-electron chi connectivity index (χ1n) is 6.80. The fourth-order valence-electron chi connectivity index (χ4n) is 3.09. The van der Waals surface area contributed by atoms with E-state index in [1.807, 2.05) is 32.0 Å². The van der Waals surface area contributed by atoms with E-state index in [4.69, 9.17) is 0 Å². The van der Waals surface area contributed by atoms with Crippen LogP contribution in [0.25, 0.3) is 0 Å². The maximum absolute atomic E-state index is 12.8. The number of amides is 3. The van der Waals surface area contributed by atoms with Crippen molar-refractivity contribution in [1.82, 2.24) is 5.32 Å². The third kappa shape index (κ3) is 2.00. The van der Waals surface area contributed by atoms with Gasteiger partial charge in [0.15, 0.2) is 0 Å². The topological polar surface area (TPSA) is 66.5 Å². The molecular weight excluding hydrogens is 336 g/mol. The lowest BCUT2D eigenvalue weighted by atomic mass is 9.86. The number of hydrogen-bond donors (Lipinski definition) is 1. The minimum atomic E-state index is -0.697. The molecule has 6 heteroatoms. The van der Waals surface area contributed by atoms with Crippen LogP contribution in [0.4, 0.5) is 5.69 Å². The number of nitrogens with zero attached hydrogens (tertiary/aromatic N) is 1. The van der Waals surface area contributed by atoms with Crippen LogP contribution in [0.3, 0.4) is 0 Å². The number of carbonyl (C=O) groups is 3. The second kappa shape index (κ2) is 4.66. The molecule has 0 aliphatic carbocycles. The molecule has 0 aromatic heterocycles. The van der Waals surface area contributed by atoms with Gasteiger partial charge in [0.25, 0.3) is 0 Å². The van der Waals surface area contributed by atoms with Crippen molar-refractivity contribution >= 4 is 39.3 Å². The molecule has 1 fully saturated rings. The fraction of sp³-hybridized carbons (Fsp3) is 0.400. The lowest BCUT2D eigenvalue weighted by molar-refractivity contribution is -0.136. The summed E-state index contributed by atoms with van der Waals surface area (Å²) in [6.45, 7) is 3.70. The van der Waals surface area contributed by atoms with Crippen molar-refractivity contribution in [1.29, 1.82) is 0 Å². The number of benzene rings is 1. The van der Waals surface area contributed by atoms with Crippen LogP contribution >= 0.6 is 15.9 Å². The second-order valence-electron chi connectivity index (χ2n) is 5.90. The summed E-state index contributed by atoms with van der Waals surface area (Å²) >= 11 is 3.49. The molecule has 1 aromatic rings. The first-order chi connectivity index (χ1) is 9.84. The van der Waals surface area contributed by atoms with Gasteiger partial charge in [-0.3, -0.25) is 24.6 Å². The molecule has 21 heavy (non-hydrogen) atoms. The van der Waals surface area contributed by atoms with Gasteiger partial charge in [-0.15, -0.1) is 0 Å². The van der Waals surface area contributed by atoms with Crippen molar-refractivity contribution in [3.05, 3.63) is 28.2 Å². The Morgan fingerprint density at radius 2 is 2.00 bits per heavy atom. The number of anilines is 1. The van der Waals surface area contributed by atoms with Crippen molar-refractivity contribution < 1.29 is 14.4 Å². The maximum Gasteiger partial charge on any atom is 0.249 e. The molecule has 2 aliphatic heterocycles. The molecule has 2 aliphatic rings. The number of carbonyl (C=O) groups excluding carboxylic acids is 3. The Balaban J connectivity index is 2.09. The van der Waals surface area contributed by atoms with Crippen molar-refractivity contribution in [2.75, 3.05) is 4.90 Å². The van der Waals surface area contributed by atoms with E-state index in [0.29, 0.717) is 6.42 Å². The molecule has 1 atom stereocenters. The highest BCUT2D eigenvalue weighted by molar-refractivity contribution is 9.10. The highest BCUT2D eigenvalue weighted by Gasteiger charge is 2.49. The molecule has 1 aromatic carbocycles. The largest absolute Gasteiger partial charge is 0.299 e. The molecule has 1 unspecified atom stereocenters. The average Bonchev–Trinajstić information content (AvgIpc) is 2.60. The summed E-state index contributed by atoms with van der Waals surface area (Å²) in [4.78, 5) is 37.8. The van der Waals surface area contributed by atoms with Crippen molar-refractivity contribution in [3.63, 3.8) is 0 Å². The molecule has 0 radical (unpaired) electrons. The molecule has 1 saturated heterocycles. The van der Waals surface area contributed by atoms with Crippen LogP contribution in [-0.2, 0) is 19.8 Å². The van der Waals surface area contributed by atoms with Crippen LogP contribution in [0.5, 0.6) is 0 Å². The third-order valence-electron chi connectivity index (χ3n) is 4.15. The van der Waals surface area contributed by atoms with E-state index in [9.17, 15) is 14.4 Å². The van der Waals surface area contributed by atoms with E-state index in [1.54, 1.807) is 4.90 Å². The van der Waals surface area contributed by atoms with E-state index in [1.165, 1.54) is 0 Å². The van der Waals surface area contributed by atoms with Gasteiger partial charge in [0.05, 0.1) is 5.41 Å². The van der Waals surface area contributed by atoms with E-state index in [0.717, 1.165) is 15.7 Å². The number of fused-ring (bicyclic) bond motifs is 1. The SMILES string of the molecule is CC1(C)C(=O)N(C2CCC(=O)NC2=O)c2cccc(Br)c21. The van der Waals surface area contributed by atoms with Crippen molar-refractivity contribution in [2.45, 2.75) is 38.1 Å². The summed E-state index contributed by atoms with van der Waals surface area (Å²) in [6.07, 6.45) is 0.613. The normalized spacial score (nSPS) is 24.0. The summed E-state index contributed by atoms with van der Waals surface area (Å²) in [5.74, 6) is -0.793. The Kier molecular flexibility index (Phi) is 3.16. The fourth-order valence-corrected chi connectivity index (χ4v) is 3.94. The molecule has 5 nitrogen and oxygen atoms in total. The zero-order chi connectivity index (χ0) is 15.4. The van der Waals surface area contributed by atoms with E-state index >= 15 is 0 Å².